The van der Waals surface area contributed by atoms with Crippen molar-refractivity contribution in [2.45, 2.75) is 11.3 Å². The molecule has 0 amide bonds. The minimum atomic E-state index is 1.03. The minimum absolute atomic E-state index is 1.03. The summed E-state index contributed by atoms with van der Waals surface area (Å²) < 4.78 is 0. The van der Waals surface area contributed by atoms with E-state index in [0.717, 1.165) is 17.9 Å². The first-order valence-electron chi connectivity index (χ1n) is 6.59. The fourth-order valence-corrected chi connectivity index (χ4v) is 3.86. The van der Waals surface area contributed by atoms with Crippen LogP contribution >= 0.6 is 23.5 Å². The lowest BCUT2D eigenvalue weighted by Gasteiger charge is -2.00. The zero-order chi connectivity index (χ0) is 13.6. The van der Waals surface area contributed by atoms with Crippen molar-refractivity contribution < 1.29 is 0 Å². The zero-order valence-corrected chi connectivity index (χ0v) is 12.7. The number of hydrogen-bond donors (Lipinski definition) is 0. The third-order valence-corrected chi connectivity index (χ3v) is 4.93. The summed E-state index contributed by atoms with van der Waals surface area (Å²) in [5.41, 5.74) is 2.39. The highest BCUT2D eigenvalue weighted by Gasteiger charge is 2.16. The standard InChI is InChI=1S/C17H15NS2/c1-3-7-15(8-4-1)18-17-14(11-12-19-17)13-20-16-9-5-2-6-10-16/h1-10,13H,11-12H2/b14-13-,18-17-. The van der Waals surface area contributed by atoms with E-state index in [1.165, 1.54) is 15.5 Å². The Labute approximate surface area is 128 Å². The Kier molecular flexibility index (Phi) is 4.61. The van der Waals surface area contributed by atoms with Gasteiger partial charge in [-0.05, 0) is 41.7 Å². The molecule has 3 rings (SSSR count). The van der Waals surface area contributed by atoms with Crippen LogP contribution in [0.4, 0.5) is 5.69 Å². The Balaban J connectivity index is 1.77. The van der Waals surface area contributed by atoms with Crippen molar-refractivity contribution in [3.8, 4) is 0 Å². The first-order valence-corrected chi connectivity index (χ1v) is 8.46. The summed E-state index contributed by atoms with van der Waals surface area (Å²) in [6.45, 7) is 0. The number of benzene rings is 2. The number of hydrogen-bond acceptors (Lipinski definition) is 3. The molecule has 0 radical (unpaired) electrons. The van der Waals surface area contributed by atoms with Crippen molar-refractivity contribution in [2.24, 2.45) is 4.99 Å². The van der Waals surface area contributed by atoms with Gasteiger partial charge in [-0.2, -0.15) is 0 Å². The molecule has 2 aromatic carbocycles. The predicted molar refractivity (Wildman–Crippen MR) is 91.0 cm³/mol. The molecular weight excluding hydrogens is 282 g/mol. The van der Waals surface area contributed by atoms with Gasteiger partial charge in [-0.3, -0.25) is 0 Å². The Morgan fingerprint density at radius 1 is 0.950 bits per heavy atom. The molecule has 1 heterocycles. The number of aliphatic imine (C=N–C) groups is 1. The smallest absolute Gasteiger partial charge is 0.100 e. The summed E-state index contributed by atoms with van der Waals surface area (Å²) in [5, 5.41) is 3.41. The van der Waals surface area contributed by atoms with E-state index >= 15 is 0 Å². The van der Waals surface area contributed by atoms with Crippen LogP contribution in [0.2, 0.25) is 0 Å². The van der Waals surface area contributed by atoms with Gasteiger partial charge in [-0.15, -0.1) is 11.8 Å². The number of thioether (sulfide) groups is 2. The van der Waals surface area contributed by atoms with E-state index in [4.69, 9.17) is 4.99 Å². The van der Waals surface area contributed by atoms with E-state index in [1.54, 1.807) is 11.8 Å². The van der Waals surface area contributed by atoms with Crippen LogP contribution < -0.4 is 0 Å². The molecule has 0 aliphatic carbocycles. The van der Waals surface area contributed by atoms with Crippen LogP contribution in [-0.2, 0) is 0 Å². The number of nitrogens with zero attached hydrogens (tertiary/aromatic N) is 1. The molecule has 20 heavy (non-hydrogen) atoms. The topological polar surface area (TPSA) is 12.4 Å². The van der Waals surface area contributed by atoms with Gasteiger partial charge in [0.15, 0.2) is 0 Å². The molecule has 1 aliphatic heterocycles. The molecule has 1 aliphatic rings. The molecule has 0 unspecified atom stereocenters. The van der Waals surface area contributed by atoms with Gasteiger partial charge in [0.1, 0.15) is 5.04 Å². The van der Waals surface area contributed by atoms with E-state index < -0.39 is 0 Å². The summed E-state index contributed by atoms with van der Waals surface area (Å²) in [6, 6.07) is 20.6. The SMILES string of the molecule is C(/Sc1ccccc1)=C1\CCS\C1=N/c1ccccc1. The van der Waals surface area contributed by atoms with Gasteiger partial charge in [0.05, 0.1) is 5.69 Å². The molecule has 0 atom stereocenters. The van der Waals surface area contributed by atoms with E-state index in [1.807, 2.05) is 48.2 Å². The normalized spacial score (nSPS) is 18.8. The Hall–Kier alpha value is -1.45. The highest BCUT2D eigenvalue weighted by atomic mass is 32.2. The third-order valence-electron chi connectivity index (χ3n) is 2.95. The van der Waals surface area contributed by atoms with Gasteiger partial charge in [-0.1, -0.05) is 48.2 Å². The van der Waals surface area contributed by atoms with Gasteiger partial charge < -0.3 is 0 Å². The van der Waals surface area contributed by atoms with E-state index in [-0.39, 0.29) is 0 Å². The summed E-state index contributed by atoms with van der Waals surface area (Å²) in [4.78, 5) is 6.02. The summed E-state index contributed by atoms with van der Waals surface area (Å²) in [5.74, 6) is 1.13. The van der Waals surface area contributed by atoms with Gasteiger partial charge in [0.25, 0.3) is 0 Å². The lowest BCUT2D eigenvalue weighted by Crippen LogP contribution is -1.88. The van der Waals surface area contributed by atoms with E-state index in [0.29, 0.717) is 0 Å². The largest absolute Gasteiger partial charge is 0.242 e. The molecule has 0 saturated carbocycles. The average Bonchev–Trinajstić information content (AvgIpc) is 2.94. The maximum absolute atomic E-state index is 4.75. The Morgan fingerprint density at radius 2 is 1.65 bits per heavy atom. The lowest BCUT2D eigenvalue weighted by atomic mass is 10.2. The fourth-order valence-electron chi connectivity index (χ4n) is 1.93. The second-order valence-corrected chi connectivity index (χ2v) is 6.45. The Bertz CT molecular complexity index is 618. The van der Waals surface area contributed by atoms with Crippen molar-refractivity contribution in [2.75, 3.05) is 5.75 Å². The summed E-state index contributed by atoms with van der Waals surface area (Å²) in [7, 11) is 0. The molecule has 100 valence electrons. The number of para-hydroxylation sites is 1. The van der Waals surface area contributed by atoms with Crippen LogP contribution in [0.25, 0.3) is 0 Å². The van der Waals surface area contributed by atoms with Crippen molar-refractivity contribution in [1.82, 2.24) is 0 Å². The third kappa shape index (κ3) is 3.56. The first-order chi connectivity index (χ1) is 9.92. The first kappa shape index (κ1) is 13.5. The molecule has 3 heteroatoms. The molecule has 0 N–H and O–H groups in total. The van der Waals surface area contributed by atoms with Crippen LogP contribution in [0.15, 0.2) is 81.5 Å². The quantitative estimate of drug-likeness (QED) is 0.691. The molecular formula is C17H15NS2. The maximum atomic E-state index is 4.75. The molecule has 1 saturated heterocycles. The van der Waals surface area contributed by atoms with E-state index in [9.17, 15) is 0 Å². The van der Waals surface area contributed by atoms with Gasteiger partial charge in [-0.25, -0.2) is 4.99 Å². The van der Waals surface area contributed by atoms with E-state index in [2.05, 4.69) is 29.7 Å². The van der Waals surface area contributed by atoms with Crippen LogP contribution in [0.5, 0.6) is 0 Å². The highest BCUT2D eigenvalue weighted by Crippen LogP contribution is 2.32. The molecule has 0 aromatic heterocycles. The predicted octanol–water partition coefficient (Wildman–Crippen LogP) is 5.53. The van der Waals surface area contributed by atoms with Crippen molar-refractivity contribution in [1.29, 1.82) is 0 Å². The van der Waals surface area contributed by atoms with Crippen LogP contribution in [0.1, 0.15) is 6.42 Å². The second-order valence-electron chi connectivity index (χ2n) is 4.42. The van der Waals surface area contributed by atoms with Crippen LogP contribution in [0, 0.1) is 0 Å². The average molecular weight is 297 g/mol. The molecule has 2 aromatic rings. The Morgan fingerprint density at radius 3 is 2.40 bits per heavy atom. The molecule has 1 nitrogen and oxygen atoms in total. The summed E-state index contributed by atoms with van der Waals surface area (Å²) >= 11 is 3.62. The minimum Gasteiger partial charge on any atom is -0.242 e. The number of rotatable bonds is 3. The molecule has 0 bridgehead atoms. The highest BCUT2D eigenvalue weighted by molar-refractivity contribution is 8.15. The summed E-state index contributed by atoms with van der Waals surface area (Å²) in [6.07, 6.45) is 1.11. The van der Waals surface area contributed by atoms with Crippen LogP contribution in [-0.4, -0.2) is 10.8 Å². The zero-order valence-electron chi connectivity index (χ0n) is 11.0. The molecule has 0 spiro atoms. The van der Waals surface area contributed by atoms with Gasteiger partial charge in [0, 0.05) is 10.6 Å². The maximum Gasteiger partial charge on any atom is 0.100 e. The van der Waals surface area contributed by atoms with Crippen molar-refractivity contribution in [3.05, 3.63) is 71.6 Å². The second kappa shape index (κ2) is 6.82. The van der Waals surface area contributed by atoms with Crippen molar-refractivity contribution >= 4 is 34.3 Å². The van der Waals surface area contributed by atoms with Gasteiger partial charge >= 0.3 is 0 Å². The van der Waals surface area contributed by atoms with Gasteiger partial charge in [0.2, 0.25) is 0 Å². The van der Waals surface area contributed by atoms with Crippen LogP contribution in [0.3, 0.4) is 0 Å². The van der Waals surface area contributed by atoms with Crippen molar-refractivity contribution in [3.63, 3.8) is 0 Å². The monoisotopic (exact) mass is 297 g/mol. The lowest BCUT2D eigenvalue weighted by molar-refractivity contribution is 1.23. The molecule has 1 fully saturated rings. The fraction of sp³-hybridized carbons (Fsp3) is 0.118.